The van der Waals surface area contributed by atoms with Crippen LogP contribution in [0.5, 0.6) is 0 Å². The van der Waals surface area contributed by atoms with Gasteiger partial charge in [-0.15, -0.1) is 0 Å². The van der Waals surface area contributed by atoms with Gasteiger partial charge in [0.25, 0.3) is 5.91 Å². The van der Waals surface area contributed by atoms with E-state index >= 15 is 0 Å². The van der Waals surface area contributed by atoms with Crippen LogP contribution in [0.1, 0.15) is 62.5 Å². The van der Waals surface area contributed by atoms with Gasteiger partial charge in [0.05, 0.1) is 11.3 Å². The molecule has 0 radical (unpaired) electrons. The molecule has 25 heavy (non-hydrogen) atoms. The normalized spacial score (nSPS) is 10.4. The minimum absolute atomic E-state index is 0.0554. The lowest BCUT2D eigenvalue weighted by molar-refractivity contribution is -0.148. The lowest BCUT2D eigenvalue weighted by Crippen LogP contribution is -2.32. The number of pyridine rings is 1. The van der Waals surface area contributed by atoms with Crippen LogP contribution in [0, 0.1) is 0 Å². The third-order valence-electron chi connectivity index (χ3n) is 3.42. The summed E-state index contributed by atoms with van der Waals surface area (Å²) in [5, 5.41) is 2.52. The van der Waals surface area contributed by atoms with Crippen LogP contribution in [0.3, 0.4) is 0 Å². The van der Waals surface area contributed by atoms with Crippen LogP contribution in [0.25, 0.3) is 0 Å². The Kier molecular flexibility index (Phi) is 9.21. The highest BCUT2D eigenvalue weighted by molar-refractivity contribution is 5.95. The highest BCUT2D eigenvalue weighted by Crippen LogP contribution is 2.09. The lowest BCUT2D eigenvalue weighted by Gasteiger charge is -2.16. The molecule has 0 atom stereocenters. The molecule has 0 aliphatic carbocycles. The number of esters is 2. The SMILES string of the molecule is CCCC(CCC)OC(=O)CNC(=O)c1ccc(COC(C)=O)nc1. The number of hydrogen-bond acceptors (Lipinski definition) is 6. The molecule has 0 aliphatic heterocycles. The van der Waals surface area contributed by atoms with E-state index in [4.69, 9.17) is 9.47 Å². The summed E-state index contributed by atoms with van der Waals surface area (Å²) < 4.78 is 10.2. The maximum absolute atomic E-state index is 12.0. The molecule has 1 aromatic rings. The zero-order chi connectivity index (χ0) is 18.7. The Bertz CT molecular complexity index is 565. The minimum Gasteiger partial charge on any atom is -0.461 e. The number of amides is 1. The summed E-state index contributed by atoms with van der Waals surface area (Å²) in [5.74, 6) is -1.25. The summed E-state index contributed by atoms with van der Waals surface area (Å²) in [5.41, 5.74) is 0.853. The fourth-order valence-corrected chi connectivity index (χ4v) is 2.21. The maximum Gasteiger partial charge on any atom is 0.325 e. The number of carbonyl (C=O) groups excluding carboxylic acids is 3. The third kappa shape index (κ3) is 8.28. The van der Waals surface area contributed by atoms with Gasteiger partial charge in [0.2, 0.25) is 0 Å². The van der Waals surface area contributed by atoms with Crippen molar-refractivity contribution in [2.45, 2.75) is 59.2 Å². The monoisotopic (exact) mass is 350 g/mol. The van der Waals surface area contributed by atoms with E-state index in [1.54, 1.807) is 12.1 Å². The molecular weight excluding hydrogens is 324 g/mol. The molecule has 0 bridgehead atoms. The van der Waals surface area contributed by atoms with E-state index in [0.717, 1.165) is 25.7 Å². The highest BCUT2D eigenvalue weighted by atomic mass is 16.5. The van der Waals surface area contributed by atoms with Gasteiger partial charge in [-0.3, -0.25) is 19.4 Å². The Morgan fingerprint density at radius 2 is 1.84 bits per heavy atom. The standard InChI is InChI=1S/C18H26N2O5/c1-4-6-16(7-5-2)25-17(22)11-20-18(23)14-8-9-15(19-10-14)12-24-13(3)21/h8-10,16H,4-7,11-12H2,1-3H3,(H,20,23). The van der Waals surface area contributed by atoms with Crippen molar-refractivity contribution in [3.8, 4) is 0 Å². The smallest absolute Gasteiger partial charge is 0.325 e. The largest absolute Gasteiger partial charge is 0.461 e. The summed E-state index contributed by atoms with van der Waals surface area (Å²) in [7, 11) is 0. The summed E-state index contributed by atoms with van der Waals surface area (Å²) in [6, 6.07) is 3.15. The van der Waals surface area contributed by atoms with Gasteiger partial charge in [-0.25, -0.2) is 0 Å². The molecule has 0 saturated carbocycles. The molecule has 1 aromatic heterocycles. The van der Waals surface area contributed by atoms with Crippen LogP contribution >= 0.6 is 0 Å². The number of aromatic nitrogens is 1. The maximum atomic E-state index is 12.0. The number of rotatable bonds is 10. The van der Waals surface area contributed by atoms with Crippen molar-refractivity contribution >= 4 is 17.8 Å². The van der Waals surface area contributed by atoms with Crippen LogP contribution in [0.4, 0.5) is 0 Å². The van der Waals surface area contributed by atoms with Crippen LogP contribution in [-0.4, -0.2) is 35.5 Å². The van der Waals surface area contributed by atoms with E-state index in [9.17, 15) is 14.4 Å². The average Bonchev–Trinajstić information content (AvgIpc) is 2.58. The molecule has 0 spiro atoms. The van der Waals surface area contributed by atoms with Gasteiger partial charge >= 0.3 is 11.9 Å². The zero-order valence-corrected chi connectivity index (χ0v) is 15.0. The zero-order valence-electron chi connectivity index (χ0n) is 15.0. The molecule has 138 valence electrons. The number of carbonyl (C=O) groups is 3. The predicted octanol–water partition coefficient (Wildman–Crippen LogP) is 2.39. The molecule has 1 amide bonds. The lowest BCUT2D eigenvalue weighted by atomic mass is 10.1. The molecule has 0 fully saturated rings. The molecule has 0 aromatic carbocycles. The molecule has 0 unspecified atom stereocenters. The molecule has 0 saturated heterocycles. The number of nitrogens with zero attached hydrogens (tertiary/aromatic N) is 1. The van der Waals surface area contributed by atoms with Crippen molar-refractivity contribution in [1.29, 1.82) is 0 Å². The first kappa shape index (κ1) is 20.6. The van der Waals surface area contributed by atoms with E-state index < -0.39 is 17.8 Å². The summed E-state index contributed by atoms with van der Waals surface area (Å²) >= 11 is 0. The first-order valence-electron chi connectivity index (χ1n) is 8.52. The number of nitrogens with one attached hydrogen (secondary N) is 1. The Hall–Kier alpha value is -2.44. The van der Waals surface area contributed by atoms with E-state index in [0.29, 0.717) is 11.3 Å². The van der Waals surface area contributed by atoms with Crippen molar-refractivity contribution < 1.29 is 23.9 Å². The summed E-state index contributed by atoms with van der Waals surface area (Å²) in [6.07, 6.45) is 4.80. The molecule has 1 heterocycles. The Balaban J connectivity index is 2.44. The second-order valence-electron chi connectivity index (χ2n) is 5.69. The summed E-state index contributed by atoms with van der Waals surface area (Å²) in [4.78, 5) is 38.6. The van der Waals surface area contributed by atoms with Crippen LogP contribution in [0.2, 0.25) is 0 Å². The number of hydrogen-bond donors (Lipinski definition) is 1. The predicted molar refractivity (Wildman–Crippen MR) is 91.7 cm³/mol. The Labute approximate surface area is 148 Å². The summed E-state index contributed by atoms with van der Waals surface area (Å²) in [6.45, 7) is 5.26. The quantitative estimate of drug-likeness (QED) is 0.651. The van der Waals surface area contributed by atoms with Crippen molar-refractivity contribution in [2.75, 3.05) is 6.54 Å². The van der Waals surface area contributed by atoms with Crippen molar-refractivity contribution in [1.82, 2.24) is 10.3 Å². The van der Waals surface area contributed by atoms with Crippen molar-refractivity contribution in [3.63, 3.8) is 0 Å². The van der Waals surface area contributed by atoms with E-state index in [1.165, 1.54) is 13.1 Å². The molecule has 7 nitrogen and oxygen atoms in total. The highest BCUT2D eigenvalue weighted by Gasteiger charge is 2.14. The van der Waals surface area contributed by atoms with Gasteiger partial charge in [-0.2, -0.15) is 0 Å². The fourth-order valence-electron chi connectivity index (χ4n) is 2.21. The molecule has 1 N–H and O–H groups in total. The molecule has 1 rings (SSSR count). The van der Waals surface area contributed by atoms with E-state index in [1.807, 2.05) is 13.8 Å². The van der Waals surface area contributed by atoms with E-state index in [-0.39, 0.29) is 19.3 Å². The van der Waals surface area contributed by atoms with Gasteiger partial charge in [-0.05, 0) is 25.0 Å². The second kappa shape index (κ2) is 11.2. The molecular formula is C18H26N2O5. The van der Waals surface area contributed by atoms with Gasteiger partial charge in [0.15, 0.2) is 0 Å². The Morgan fingerprint density at radius 3 is 2.36 bits per heavy atom. The molecule has 0 aliphatic rings. The van der Waals surface area contributed by atoms with Crippen LogP contribution < -0.4 is 5.32 Å². The second-order valence-corrected chi connectivity index (χ2v) is 5.69. The van der Waals surface area contributed by atoms with Gasteiger partial charge in [0, 0.05) is 13.1 Å². The van der Waals surface area contributed by atoms with Crippen molar-refractivity contribution in [3.05, 3.63) is 29.6 Å². The average molecular weight is 350 g/mol. The first-order chi connectivity index (χ1) is 12.0. The van der Waals surface area contributed by atoms with Crippen molar-refractivity contribution in [2.24, 2.45) is 0 Å². The fraction of sp³-hybridized carbons (Fsp3) is 0.556. The van der Waals surface area contributed by atoms with E-state index in [2.05, 4.69) is 10.3 Å². The first-order valence-corrected chi connectivity index (χ1v) is 8.52. The van der Waals surface area contributed by atoms with Crippen LogP contribution in [0.15, 0.2) is 18.3 Å². The minimum atomic E-state index is -0.445. The topological polar surface area (TPSA) is 94.6 Å². The van der Waals surface area contributed by atoms with Gasteiger partial charge < -0.3 is 14.8 Å². The molecule has 7 heteroatoms. The Morgan fingerprint density at radius 1 is 1.16 bits per heavy atom. The van der Waals surface area contributed by atoms with Crippen LogP contribution in [-0.2, 0) is 25.7 Å². The van der Waals surface area contributed by atoms with Gasteiger partial charge in [-0.1, -0.05) is 26.7 Å². The third-order valence-corrected chi connectivity index (χ3v) is 3.42. The number of ether oxygens (including phenoxy) is 2. The van der Waals surface area contributed by atoms with Gasteiger partial charge in [0.1, 0.15) is 19.3 Å².